The molecule has 0 fully saturated rings. The van der Waals surface area contributed by atoms with Gasteiger partial charge in [-0.15, -0.1) is 11.3 Å². The van der Waals surface area contributed by atoms with Gasteiger partial charge >= 0.3 is 0 Å². The Kier molecular flexibility index (Phi) is 3.30. The summed E-state index contributed by atoms with van der Waals surface area (Å²) in [7, 11) is -2.42. The number of imide groups is 1. The maximum Gasteiger partial charge on any atom is 0.271 e. The lowest BCUT2D eigenvalue weighted by Gasteiger charge is -2.09. The average Bonchev–Trinajstić information content (AvgIpc) is 2.99. The van der Waals surface area contributed by atoms with Crippen molar-refractivity contribution in [3.63, 3.8) is 0 Å². The Morgan fingerprint density at radius 1 is 1.09 bits per heavy atom. The van der Waals surface area contributed by atoms with E-state index in [1.807, 2.05) is 0 Å². The third kappa shape index (κ3) is 2.20. The zero-order chi connectivity index (χ0) is 16.1. The molecule has 114 valence electrons. The van der Waals surface area contributed by atoms with Gasteiger partial charge < -0.3 is 0 Å². The molecular weight excluding hydrogens is 324 g/mol. The van der Waals surface area contributed by atoms with Crippen LogP contribution in [0.4, 0.5) is 5.69 Å². The first kappa shape index (κ1) is 14.7. The van der Waals surface area contributed by atoms with Gasteiger partial charge in [0.15, 0.2) is 0 Å². The number of carbonyl (C=O) groups is 2. The lowest BCUT2D eigenvalue weighted by atomic mass is 10.1. The van der Waals surface area contributed by atoms with Crippen molar-refractivity contribution in [3.05, 3.63) is 46.3 Å². The molecule has 3 rings (SSSR count). The number of sulfonamides is 1. The SMILES string of the molecule is Cc1ccc(S(=O)(=O)Nc2cccc3c2C(=O)N(C)C3=O)s1. The highest BCUT2D eigenvalue weighted by Gasteiger charge is 2.35. The highest BCUT2D eigenvalue weighted by atomic mass is 32.2. The maximum absolute atomic E-state index is 12.4. The van der Waals surface area contributed by atoms with Crippen molar-refractivity contribution in [2.75, 3.05) is 11.8 Å². The van der Waals surface area contributed by atoms with Crippen LogP contribution in [0.15, 0.2) is 34.5 Å². The molecule has 0 saturated carbocycles. The van der Waals surface area contributed by atoms with Crippen LogP contribution in [0.3, 0.4) is 0 Å². The second-order valence-electron chi connectivity index (χ2n) is 4.87. The lowest BCUT2D eigenvalue weighted by molar-refractivity contribution is 0.0693. The van der Waals surface area contributed by atoms with Crippen LogP contribution in [0.25, 0.3) is 0 Å². The summed E-state index contributed by atoms with van der Waals surface area (Å²) in [6.07, 6.45) is 0. The molecule has 0 spiro atoms. The van der Waals surface area contributed by atoms with Crippen molar-refractivity contribution in [1.29, 1.82) is 0 Å². The first-order valence-electron chi connectivity index (χ1n) is 6.36. The van der Waals surface area contributed by atoms with E-state index >= 15 is 0 Å². The van der Waals surface area contributed by atoms with Crippen LogP contribution in [0.1, 0.15) is 25.6 Å². The monoisotopic (exact) mass is 336 g/mol. The second kappa shape index (κ2) is 4.92. The zero-order valence-corrected chi connectivity index (χ0v) is 13.4. The van der Waals surface area contributed by atoms with Crippen LogP contribution in [0, 0.1) is 6.92 Å². The fourth-order valence-electron chi connectivity index (χ4n) is 2.24. The summed E-state index contributed by atoms with van der Waals surface area (Å²) < 4.78 is 27.3. The quantitative estimate of drug-likeness (QED) is 0.870. The summed E-state index contributed by atoms with van der Waals surface area (Å²) in [5.74, 6) is -0.950. The van der Waals surface area contributed by atoms with E-state index < -0.39 is 21.8 Å². The molecule has 6 nitrogen and oxygen atoms in total. The molecule has 8 heteroatoms. The number of carbonyl (C=O) groups excluding carboxylic acids is 2. The van der Waals surface area contributed by atoms with Crippen molar-refractivity contribution < 1.29 is 18.0 Å². The van der Waals surface area contributed by atoms with Crippen LogP contribution in [0.5, 0.6) is 0 Å². The molecule has 2 aromatic rings. The average molecular weight is 336 g/mol. The fraction of sp³-hybridized carbons (Fsp3) is 0.143. The number of fused-ring (bicyclic) bond motifs is 1. The third-order valence-electron chi connectivity index (χ3n) is 3.34. The van der Waals surface area contributed by atoms with E-state index in [2.05, 4.69) is 4.72 Å². The molecule has 0 radical (unpaired) electrons. The Labute approximate surface area is 131 Å². The van der Waals surface area contributed by atoms with E-state index in [1.54, 1.807) is 19.1 Å². The van der Waals surface area contributed by atoms with Gasteiger partial charge in [-0.1, -0.05) is 6.07 Å². The summed E-state index contributed by atoms with van der Waals surface area (Å²) >= 11 is 1.14. The lowest BCUT2D eigenvalue weighted by Crippen LogP contribution is -2.24. The standard InChI is InChI=1S/C14H12N2O4S2/c1-8-6-7-11(21-8)22(19,20)15-10-5-3-4-9-12(10)14(18)16(2)13(9)17/h3-7,15H,1-2H3. The Bertz CT molecular complexity index is 899. The minimum atomic E-state index is -3.79. The van der Waals surface area contributed by atoms with E-state index in [0.717, 1.165) is 21.1 Å². The molecule has 1 N–H and O–H groups in total. The van der Waals surface area contributed by atoms with Crippen molar-refractivity contribution in [1.82, 2.24) is 4.90 Å². The number of thiophene rings is 1. The second-order valence-corrected chi connectivity index (χ2v) is 8.07. The van der Waals surface area contributed by atoms with Crippen LogP contribution in [-0.2, 0) is 10.0 Å². The molecular formula is C14H12N2O4S2. The topological polar surface area (TPSA) is 83.6 Å². The third-order valence-corrected chi connectivity index (χ3v) is 6.20. The number of hydrogen-bond acceptors (Lipinski definition) is 5. The van der Waals surface area contributed by atoms with Crippen LogP contribution >= 0.6 is 11.3 Å². The van der Waals surface area contributed by atoms with Gasteiger partial charge in [0, 0.05) is 11.9 Å². The normalized spacial score (nSPS) is 14.4. The van der Waals surface area contributed by atoms with Gasteiger partial charge in [0.1, 0.15) is 4.21 Å². The smallest absolute Gasteiger partial charge is 0.271 e. The van der Waals surface area contributed by atoms with Gasteiger partial charge in [-0.2, -0.15) is 0 Å². The number of aryl methyl sites for hydroxylation is 1. The van der Waals surface area contributed by atoms with Gasteiger partial charge in [0.05, 0.1) is 16.8 Å². The zero-order valence-electron chi connectivity index (χ0n) is 11.8. The minimum Gasteiger partial charge on any atom is -0.278 e. The predicted octanol–water partition coefficient (Wildman–Crippen LogP) is 2.08. The van der Waals surface area contributed by atoms with E-state index in [0.29, 0.717) is 0 Å². The highest BCUT2D eigenvalue weighted by molar-refractivity contribution is 7.94. The van der Waals surface area contributed by atoms with Gasteiger partial charge in [0.25, 0.3) is 21.8 Å². The highest BCUT2D eigenvalue weighted by Crippen LogP contribution is 2.31. The summed E-state index contributed by atoms with van der Waals surface area (Å²) in [5, 5.41) is 0. The van der Waals surface area contributed by atoms with Crippen LogP contribution < -0.4 is 4.72 Å². The molecule has 0 saturated heterocycles. The van der Waals surface area contributed by atoms with E-state index in [4.69, 9.17) is 0 Å². The maximum atomic E-state index is 12.4. The van der Waals surface area contributed by atoms with Crippen molar-refractivity contribution in [2.45, 2.75) is 11.1 Å². The Morgan fingerprint density at radius 3 is 2.45 bits per heavy atom. The Hall–Kier alpha value is -2.19. The van der Waals surface area contributed by atoms with Gasteiger partial charge in [0.2, 0.25) is 0 Å². The molecule has 1 aliphatic heterocycles. The molecule has 1 aromatic carbocycles. The summed E-state index contributed by atoms with van der Waals surface area (Å²) in [4.78, 5) is 25.9. The number of nitrogens with zero attached hydrogens (tertiary/aromatic N) is 1. The Balaban J connectivity index is 2.06. The van der Waals surface area contributed by atoms with Gasteiger partial charge in [-0.25, -0.2) is 8.42 Å². The van der Waals surface area contributed by atoms with Crippen molar-refractivity contribution >= 4 is 38.9 Å². The molecule has 2 amide bonds. The molecule has 22 heavy (non-hydrogen) atoms. The van der Waals surface area contributed by atoms with E-state index in [-0.39, 0.29) is 21.0 Å². The van der Waals surface area contributed by atoms with E-state index in [1.165, 1.54) is 25.2 Å². The predicted molar refractivity (Wildman–Crippen MR) is 82.7 cm³/mol. The number of nitrogens with one attached hydrogen (secondary N) is 1. The first-order valence-corrected chi connectivity index (χ1v) is 8.66. The number of rotatable bonds is 3. The number of benzene rings is 1. The molecule has 0 bridgehead atoms. The molecule has 0 unspecified atom stereocenters. The molecule has 0 aliphatic carbocycles. The Morgan fingerprint density at radius 2 is 1.82 bits per heavy atom. The molecule has 2 heterocycles. The number of anilines is 1. The summed E-state index contributed by atoms with van der Waals surface area (Å²) in [6.45, 7) is 1.81. The number of hydrogen-bond donors (Lipinski definition) is 1. The summed E-state index contributed by atoms with van der Waals surface area (Å²) in [5.41, 5.74) is 0.410. The fourth-order valence-corrected chi connectivity index (χ4v) is 4.59. The first-order chi connectivity index (χ1) is 10.3. The minimum absolute atomic E-state index is 0.0897. The van der Waals surface area contributed by atoms with Gasteiger partial charge in [-0.3, -0.25) is 19.2 Å². The molecule has 0 atom stereocenters. The van der Waals surface area contributed by atoms with Crippen LogP contribution in [0.2, 0.25) is 0 Å². The molecule has 1 aliphatic rings. The van der Waals surface area contributed by atoms with Gasteiger partial charge in [-0.05, 0) is 31.2 Å². The number of amides is 2. The largest absolute Gasteiger partial charge is 0.278 e. The van der Waals surface area contributed by atoms with Crippen LogP contribution in [-0.4, -0.2) is 32.2 Å². The van der Waals surface area contributed by atoms with E-state index in [9.17, 15) is 18.0 Å². The molecule has 1 aromatic heterocycles. The summed E-state index contributed by atoms with van der Waals surface area (Å²) in [6, 6.07) is 7.73. The van der Waals surface area contributed by atoms with Crippen molar-refractivity contribution in [2.24, 2.45) is 0 Å². The van der Waals surface area contributed by atoms with Crippen molar-refractivity contribution in [3.8, 4) is 0 Å².